The average Bonchev–Trinajstić information content (AvgIpc) is 1.99. The molecule has 0 aromatic rings. The fourth-order valence-electron chi connectivity index (χ4n) is 0.623. The monoisotopic (exact) mass is 158 g/mol. The van der Waals surface area contributed by atoms with Crippen molar-refractivity contribution in [2.75, 3.05) is 6.54 Å². The number of primary amides is 1. The lowest BCUT2D eigenvalue weighted by molar-refractivity contribution is -0.119. The molecule has 0 saturated carbocycles. The van der Waals surface area contributed by atoms with E-state index in [1.165, 1.54) is 0 Å². The quantitative estimate of drug-likeness (QED) is 0.612. The van der Waals surface area contributed by atoms with Crippen molar-refractivity contribution in [3.8, 4) is 0 Å². The van der Waals surface area contributed by atoms with E-state index < -0.39 is 0 Å². The number of nitrogens with one attached hydrogen (secondary N) is 1. The van der Waals surface area contributed by atoms with Crippen LogP contribution < -0.4 is 11.1 Å². The molecule has 0 spiro atoms. The summed E-state index contributed by atoms with van der Waals surface area (Å²) in [5.74, 6) is 0.324. The molecule has 2 unspecified atom stereocenters. The normalized spacial score (nSPS) is 15.9. The van der Waals surface area contributed by atoms with Crippen LogP contribution in [-0.2, 0) is 4.79 Å². The van der Waals surface area contributed by atoms with Gasteiger partial charge < -0.3 is 11.1 Å². The Kier molecular flexibility index (Phi) is 4.86. The van der Waals surface area contributed by atoms with Crippen molar-refractivity contribution < 1.29 is 4.79 Å². The largest absolute Gasteiger partial charge is 0.368 e. The van der Waals surface area contributed by atoms with Gasteiger partial charge in [0.15, 0.2) is 0 Å². The topological polar surface area (TPSA) is 55.1 Å². The minimum absolute atomic E-state index is 0.205. The van der Waals surface area contributed by atoms with Gasteiger partial charge in [0.2, 0.25) is 5.91 Å². The van der Waals surface area contributed by atoms with E-state index >= 15 is 0 Å². The summed E-state index contributed by atoms with van der Waals surface area (Å²) in [6, 6.07) is -0.205. The van der Waals surface area contributed by atoms with Crippen LogP contribution in [0.4, 0.5) is 0 Å². The first-order valence-corrected chi connectivity index (χ1v) is 4.10. The summed E-state index contributed by atoms with van der Waals surface area (Å²) >= 11 is 0. The molecule has 0 fully saturated rings. The number of carbonyl (C=O) groups is 1. The van der Waals surface area contributed by atoms with Gasteiger partial charge in [-0.15, -0.1) is 0 Å². The molecule has 0 aliphatic carbocycles. The van der Waals surface area contributed by atoms with Crippen molar-refractivity contribution in [3.05, 3.63) is 0 Å². The zero-order chi connectivity index (χ0) is 8.85. The molecule has 0 aliphatic heterocycles. The number of carbonyl (C=O) groups excluding carboxylic acids is 1. The molecule has 66 valence electrons. The van der Waals surface area contributed by atoms with E-state index in [-0.39, 0.29) is 11.9 Å². The van der Waals surface area contributed by atoms with Crippen LogP contribution in [-0.4, -0.2) is 18.5 Å². The molecule has 0 rings (SSSR count). The van der Waals surface area contributed by atoms with Crippen molar-refractivity contribution in [1.29, 1.82) is 0 Å². The molecule has 3 nitrogen and oxygen atoms in total. The van der Waals surface area contributed by atoms with Gasteiger partial charge in [-0.05, 0) is 19.4 Å². The minimum Gasteiger partial charge on any atom is -0.368 e. The van der Waals surface area contributed by atoms with Crippen molar-refractivity contribution >= 4 is 5.91 Å². The Hall–Kier alpha value is -0.570. The Morgan fingerprint density at radius 3 is 2.45 bits per heavy atom. The third-order valence-electron chi connectivity index (χ3n) is 1.90. The lowest BCUT2D eigenvalue weighted by Crippen LogP contribution is -2.40. The Morgan fingerprint density at radius 2 is 2.09 bits per heavy atom. The van der Waals surface area contributed by atoms with Crippen LogP contribution in [0.25, 0.3) is 0 Å². The highest BCUT2D eigenvalue weighted by atomic mass is 16.1. The van der Waals surface area contributed by atoms with Gasteiger partial charge in [-0.1, -0.05) is 20.3 Å². The zero-order valence-corrected chi connectivity index (χ0v) is 7.55. The van der Waals surface area contributed by atoms with Gasteiger partial charge >= 0.3 is 0 Å². The number of amides is 1. The van der Waals surface area contributed by atoms with Gasteiger partial charge in [0.1, 0.15) is 0 Å². The lowest BCUT2D eigenvalue weighted by atomic mass is 10.1. The maximum atomic E-state index is 10.6. The van der Waals surface area contributed by atoms with Crippen LogP contribution in [0, 0.1) is 5.92 Å². The fraction of sp³-hybridized carbons (Fsp3) is 0.875. The summed E-state index contributed by atoms with van der Waals surface area (Å²) in [5.41, 5.74) is 5.06. The molecule has 0 aromatic carbocycles. The fourth-order valence-corrected chi connectivity index (χ4v) is 0.623. The van der Waals surface area contributed by atoms with Gasteiger partial charge in [-0.3, -0.25) is 4.79 Å². The van der Waals surface area contributed by atoms with Gasteiger partial charge in [0.25, 0.3) is 0 Å². The number of hydrogen-bond donors (Lipinski definition) is 2. The molecular formula is C8H18N2O. The molecular weight excluding hydrogens is 140 g/mol. The van der Waals surface area contributed by atoms with Crippen LogP contribution in [0.1, 0.15) is 27.2 Å². The van der Waals surface area contributed by atoms with Crippen molar-refractivity contribution in [2.24, 2.45) is 11.7 Å². The lowest BCUT2D eigenvalue weighted by Gasteiger charge is -2.13. The molecule has 11 heavy (non-hydrogen) atoms. The van der Waals surface area contributed by atoms with E-state index in [2.05, 4.69) is 19.2 Å². The molecule has 0 saturated heterocycles. The van der Waals surface area contributed by atoms with Crippen LogP contribution in [0.2, 0.25) is 0 Å². The summed E-state index contributed by atoms with van der Waals surface area (Å²) in [5, 5.41) is 3.06. The van der Waals surface area contributed by atoms with Gasteiger partial charge in [-0.25, -0.2) is 0 Å². The van der Waals surface area contributed by atoms with Crippen LogP contribution in [0.15, 0.2) is 0 Å². The molecule has 0 radical (unpaired) electrons. The Bertz CT molecular complexity index is 125. The maximum absolute atomic E-state index is 10.6. The molecule has 0 aliphatic rings. The van der Waals surface area contributed by atoms with Crippen LogP contribution in [0.3, 0.4) is 0 Å². The third kappa shape index (κ3) is 4.79. The molecule has 1 amide bonds. The highest BCUT2D eigenvalue weighted by Gasteiger charge is 2.07. The zero-order valence-electron chi connectivity index (χ0n) is 7.55. The Morgan fingerprint density at radius 1 is 1.55 bits per heavy atom. The van der Waals surface area contributed by atoms with E-state index in [0.717, 1.165) is 13.0 Å². The van der Waals surface area contributed by atoms with Crippen LogP contribution >= 0.6 is 0 Å². The highest BCUT2D eigenvalue weighted by Crippen LogP contribution is 1.97. The van der Waals surface area contributed by atoms with E-state index in [1.54, 1.807) is 6.92 Å². The van der Waals surface area contributed by atoms with Crippen LogP contribution in [0.5, 0.6) is 0 Å². The first-order chi connectivity index (χ1) is 5.07. The third-order valence-corrected chi connectivity index (χ3v) is 1.90. The maximum Gasteiger partial charge on any atom is 0.234 e. The summed E-state index contributed by atoms with van der Waals surface area (Å²) in [6.45, 7) is 6.91. The average molecular weight is 158 g/mol. The first-order valence-electron chi connectivity index (χ1n) is 4.10. The first kappa shape index (κ1) is 10.4. The molecule has 3 heteroatoms. The predicted octanol–water partition coefficient (Wildman–Crippen LogP) is 0.496. The second kappa shape index (κ2) is 5.13. The summed E-state index contributed by atoms with van der Waals surface area (Å²) in [6.07, 6.45) is 1.12. The van der Waals surface area contributed by atoms with Gasteiger partial charge in [0.05, 0.1) is 6.04 Å². The summed E-state index contributed by atoms with van der Waals surface area (Å²) in [7, 11) is 0. The number of nitrogens with two attached hydrogens (primary N) is 1. The van der Waals surface area contributed by atoms with E-state index in [4.69, 9.17) is 5.73 Å². The number of rotatable bonds is 5. The SMILES string of the molecule is CCC(C)CNC(C)C(N)=O. The second-order valence-corrected chi connectivity index (χ2v) is 3.05. The highest BCUT2D eigenvalue weighted by molar-refractivity contribution is 5.79. The van der Waals surface area contributed by atoms with E-state index in [9.17, 15) is 4.79 Å². The molecule has 0 bridgehead atoms. The minimum atomic E-state index is -0.284. The molecule has 0 heterocycles. The van der Waals surface area contributed by atoms with Crippen molar-refractivity contribution in [2.45, 2.75) is 33.2 Å². The molecule has 0 aromatic heterocycles. The van der Waals surface area contributed by atoms with Gasteiger partial charge in [-0.2, -0.15) is 0 Å². The Labute approximate surface area is 68.3 Å². The van der Waals surface area contributed by atoms with Crippen molar-refractivity contribution in [1.82, 2.24) is 5.32 Å². The standard InChI is InChI=1S/C8H18N2O/c1-4-6(2)5-10-7(3)8(9)11/h6-7,10H,4-5H2,1-3H3,(H2,9,11). The Balaban J connectivity index is 3.45. The van der Waals surface area contributed by atoms with Crippen molar-refractivity contribution in [3.63, 3.8) is 0 Å². The second-order valence-electron chi connectivity index (χ2n) is 3.05. The summed E-state index contributed by atoms with van der Waals surface area (Å²) in [4.78, 5) is 10.6. The van der Waals surface area contributed by atoms with E-state index in [1.807, 2.05) is 0 Å². The number of hydrogen-bond acceptors (Lipinski definition) is 2. The molecule has 3 N–H and O–H groups in total. The molecule has 2 atom stereocenters. The van der Waals surface area contributed by atoms with E-state index in [0.29, 0.717) is 5.92 Å². The summed E-state index contributed by atoms with van der Waals surface area (Å²) < 4.78 is 0. The predicted molar refractivity (Wildman–Crippen MR) is 46.1 cm³/mol. The van der Waals surface area contributed by atoms with Gasteiger partial charge in [0, 0.05) is 0 Å². The smallest absolute Gasteiger partial charge is 0.234 e.